The Bertz CT molecular complexity index is 1210. The average molecular weight is 555 g/mol. The van der Waals surface area contributed by atoms with Gasteiger partial charge >= 0.3 is 12.2 Å². The number of benzene rings is 1. The van der Waals surface area contributed by atoms with Crippen molar-refractivity contribution in [3.05, 3.63) is 59.7 Å². The van der Waals surface area contributed by atoms with Crippen LogP contribution in [-0.4, -0.2) is 76.2 Å². The van der Waals surface area contributed by atoms with Gasteiger partial charge in [-0.25, -0.2) is 18.7 Å². The molecule has 3 aromatic rings. The van der Waals surface area contributed by atoms with Crippen LogP contribution in [0.1, 0.15) is 35.4 Å². The number of rotatable bonds is 4. The lowest BCUT2D eigenvalue weighted by Crippen LogP contribution is -2.45. The van der Waals surface area contributed by atoms with E-state index in [4.69, 9.17) is 10.3 Å². The van der Waals surface area contributed by atoms with Crippen LogP contribution < -0.4 is 15.5 Å². The Hall–Kier alpha value is -3.88. The molecule has 2 saturated heterocycles. The summed E-state index contributed by atoms with van der Waals surface area (Å²) >= 11 is 0. The van der Waals surface area contributed by atoms with Gasteiger partial charge < -0.3 is 25.0 Å². The fraction of sp³-hybridized carbons (Fsp3) is 0.458. The van der Waals surface area contributed by atoms with Gasteiger partial charge in [0.1, 0.15) is 11.6 Å². The molecule has 0 aliphatic carbocycles. The highest BCUT2D eigenvalue weighted by molar-refractivity contribution is 5.93. The van der Waals surface area contributed by atoms with E-state index < -0.39 is 23.6 Å². The van der Waals surface area contributed by atoms with Crippen LogP contribution in [0.3, 0.4) is 0 Å². The van der Waals surface area contributed by atoms with Crippen molar-refractivity contribution in [3.8, 4) is 0 Å². The zero-order chi connectivity index (χ0) is 28.2. The molecule has 1 amide bonds. The predicted octanol–water partition coefficient (Wildman–Crippen LogP) is 3.12. The number of amides is 1. The lowest BCUT2D eigenvalue weighted by molar-refractivity contribution is -0.146. The summed E-state index contributed by atoms with van der Waals surface area (Å²) in [6.07, 6.45) is 0.360. The predicted molar refractivity (Wildman–Crippen MR) is 130 cm³/mol. The third-order valence-electron chi connectivity index (χ3n) is 6.47. The second kappa shape index (κ2) is 11.9. The first-order valence-electron chi connectivity index (χ1n) is 12.2. The number of hydrogen-bond acceptors (Lipinski definition) is 9. The van der Waals surface area contributed by atoms with Gasteiger partial charge in [-0.3, -0.25) is 4.79 Å². The SMILES string of the molecule is CN(C(=O)c1cnc(N2CCC(N)C2)nc1)C1CCN(c2nc(C(F)(F)F)no2)CC1.Fc1ccc(F)cc1. The minimum absolute atomic E-state index is 0.0787. The Labute approximate surface area is 220 Å². The molecule has 1 aromatic carbocycles. The summed E-state index contributed by atoms with van der Waals surface area (Å²) in [5, 5.41) is 2.98. The lowest BCUT2D eigenvalue weighted by Gasteiger charge is -2.35. The summed E-state index contributed by atoms with van der Waals surface area (Å²) in [4.78, 5) is 30.0. The van der Waals surface area contributed by atoms with E-state index in [1.54, 1.807) is 16.8 Å². The number of carbonyl (C=O) groups excluding carboxylic acids is 1. The molecule has 39 heavy (non-hydrogen) atoms. The fourth-order valence-electron chi connectivity index (χ4n) is 4.27. The molecule has 2 fully saturated rings. The first-order chi connectivity index (χ1) is 18.5. The number of halogens is 5. The molecule has 2 aromatic heterocycles. The molecule has 1 unspecified atom stereocenters. The first-order valence-corrected chi connectivity index (χ1v) is 12.2. The van der Waals surface area contributed by atoms with Crippen molar-refractivity contribution < 1.29 is 31.3 Å². The molecule has 15 heteroatoms. The van der Waals surface area contributed by atoms with Crippen molar-refractivity contribution >= 4 is 17.9 Å². The lowest BCUT2D eigenvalue weighted by atomic mass is 10.0. The van der Waals surface area contributed by atoms with Crippen molar-refractivity contribution in [2.75, 3.05) is 43.0 Å². The quantitative estimate of drug-likeness (QED) is 0.486. The Morgan fingerprint density at radius 1 is 1.00 bits per heavy atom. The minimum atomic E-state index is -4.65. The molecular formula is C24H27F5N8O2. The Balaban J connectivity index is 0.000000379. The molecule has 0 saturated carbocycles. The average Bonchev–Trinajstić information content (AvgIpc) is 3.60. The van der Waals surface area contributed by atoms with E-state index in [1.165, 1.54) is 12.4 Å². The Morgan fingerprint density at radius 3 is 2.05 bits per heavy atom. The summed E-state index contributed by atoms with van der Waals surface area (Å²) in [6, 6.07) is 4.18. The molecule has 210 valence electrons. The number of carbonyl (C=O) groups is 1. The summed E-state index contributed by atoms with van der Waals surface area (Å²) in [7, 11) is 1.70. The molecule has 10 nitrogen and oxygen atoms in total. The molecule has 1 atom stereocenters. The van der Waals surface area contributed by atoms with Crippen molar-refractivity contribution in [2.45, 2.75) is 37.5 Å². The second-order valence-corrected chi connectivity index (χ2v) is 9.24. The molecule has 0 radical (unpaired) electrons. The van der Waals surface area contributed by atoms with E-state index in [2.05, 4.69) is 20.1 Å². The van der Waals surface area contributed by atoms with Crippen LogP contribution in [0.15, 0.2) is 41.2 Å². The van der Waals surface area contributed by atoms with Gasteiger partial charge in [-0.05, 0) is 48.7 Å². The van der Waals surface area contributed by atoms with Gasteiger partial charge in [-0.1, -0.05) is 0 Å². The van der Waals surface area contributed by atoms with Crippen molar-refractivity contribution in [1.82, 2.24) is 25.0 Å². The number of piperidine rings is 1. The van der Waals surface area contributed by atoms with Crippen molar-refractivity contribution in [1.29, 1.82) is 0 Å². The minimum Gasteiger partial charge on any atom is -0.339 e. The van der Waals surface area contributed by atoms with E-state index in [1.807, 2.05) is 4.90 Å². The van der Waals surface area contributed by atoms with Crippen LogP contribution in [0.2, 0.25) is 0 Å². The number of anilines is 2. The van der Waals surface area contributed by atoms with Crippen molar-refractivity contribution in [2.24, 2.45) is 5.73 Å². The maximum atomic E-state index is 12.8. The highest BCUT2D eigenvalue weighted by Crippen LogP contribution is 2.29. The Morgan fingerprint density at radius 2 is 1.56 bits per heavy atom. The second-order valence-electron chi connectivity index (χ2n) is 9.24. The zero-order valence-corrected chi connectivity index (χ0v) is 21.0. The number of nitrogens with two attached hydrogens (primary N) is 1. The molecule has 2 aliphatic heterocycles. The molecule has 2 aliphatic rings. The topological polar surface area (TPSA) is 118 Å². The van der Waals surface area contributed by atoms with Gasteiger partial charge in [-0.2, -0.15) is 18.2 Å². The fourth-order valence-corrected chi connectivity index (χ4v) is 4.27. The van der Waals surface area contributed by atoms with Gasteiger partial charge in [0.2, 0.25) is 5.95 Å². The molecule has 0 spiro atoms. The largest absolute Gasteiger partial charge is 0.455 e. The van der Waals surface area contributed by atoms with Gasteiger partial charge in [0.15, 0.2) is 0 Å². The monoisotopic (exact) mass is 554 g/mol. The van der Waals surface area contributed by atoms with Gasteiger partial charge in [0, 0.05) is 57.7 Å². The normalized spacial score (nSPS) is 18.1. The van der Waals surface area contributed by atoms with Crippen LogP contribution in [0.5, 0.6) is 0 Å². The summed E-state index contributed by atoms with van der Waals surface area (Å²) < 4.78 is 66.5. The standard InChI is InChI=1S/C18H23F3N8O2.C6H4F2/c1-27(14(30)11-8-23-16(24-9-11)29-5-2-12(22)10-29)13-3-6-28(7-4-13)17-25-15(26-31-17)18(19,20)21;7-5-1-2-6(8)4-3-5/h8-9,12-13H,2-7,10,22H2,1H3;1-4H. The van der Waals surface area contributed by atoms with Gasteiger partial charge in [0.05, 0.1) is 5.56 Å². The summed E-state index contributed by atoms with van der Waals surface area (Å²) in [5.41, 5.74) is 6.28. The molecule has 2 N–H and O–H groups in total. The van der Waals surface area contributed by atoms with Crippen LogP contribution in [0.4, 0.5) is 33.9 Å². The third kappa shape index (κ3) is 7.16. The van der Waals surface area contributed by atoms with Crippen molar-refractivity contribution in [3.63, 3.8) is 0 Å². The number of aromatic nitrogens is 4. The summed E-state index contributed by atoms with van der Waals surface area (Å²) in [5.74, 6) is -1.77. The van der Waals surface area contributed by atoms with Crippen LogP contribution in [-0.2, 0) is 6.18 Å². The van der Waals surface area contributed by atoms with E-state index >= 15 is 0 Å². The number of nitrogens with zero attached hydrogens (tertiary/aromatic N) is 7. The number of hydrogen-bond donors (Lipinski definition) is 1. The van der Waals surface area contributed by atoms with Gasteiger partial charge in [-0.15, -0.1) is 0 Å². The molecular weight excluding hydrogens is 527 g/mol. The third-order valence-corrected chi connectivity index (χ3v) is 6.47. The van der Waals surface area contributed by atoms with E-state index in [0.717, 1.165) is 37.2 Å². The van der Waals surface area contributed by atoms with E-state index in [0.29, 0.717) is 44.0 Å². The first kappa shape index (κ1) is 28.1. The van der Waals surface area contributed by atoms with Crippen LogP contribution >= 0.6 is 0 Å². The van der Waals surface area contributed by atoms with Gasteiger partial charge in [0.25, 0.3) is 11.7 Å². The Kier molecular flexibility index (Phi) is 8.57. The summed E-state index contributed by atoms with van der Waals surface area (Å²) in [6.45, 7) is 2.27. The maximum absolute atomic E-state index is 12.8. The van der Waals surface area contributed by atoms with E-state index in [9.17, 15) is 26.7 Å². The maximum Gasteiger partial charge on any atom is 0.455 e. The molecule has 5 rings (SSSR count). The van der Waals surface area contributed by atoms with Crippen LogP contribution in [0.25, 0.3) is 0 Å². The highest BCUT2D eigenvalue weighted by Gasteiger charge is 2.38. The van der Waals surface area contributed by atoms with E-state index in [-0.39, 0.29) is 24.0 Å². The molecule has 0 bridgehead atoms. The smallest absolute Gasteiger partial charge is 0.339 e. The van der Waals surface area contributed by atoms with Crippen LogP contribution in [0, 0.1) is 11.6 Å². The highest BCUT2D eigenvalue weighted by atomic mass is 19.4. The molecule has 4 heterocycles. The number of alkyl halides is 3. The zero-order valence-electron chi connectivity index (χ0n) is 21.0.